The molecule has 2 bridgehead atoms. The average Bonchev–Trinajstić information content (AvgIpc) is 3.41. The van der Waals surface area contributed by atoms with Crippen LogP contribution in [0.2, 0.25) is 0 Å². The average molecular weight is 466 g/mol. The summed E-state index contributed by atoms with van der Waals surface area (Å²) < 4.78 is 6.16. The van der Waals surface area contributed by atoms with Crippen LogP contribution in [0.15, 0.2) is 65.5 Å². The number of quaternary nitrogens is 1. The van der Waals surface area contributed by atoms with Gasteiger partial charge in [-0.25, -0.2) is 14.1 Å². The van der Waals surface area contributed by atoms with Crippen LogP contribution in [0.5, 0.6) is 0 Å². The monoisotopic (exact) mass is 465 g/mol. The Hall–Kier alpha value is -3.14. The van der Waals surface area contributed by atoms with Crippen LogP contribution in [0.4, 0.5) is 10.6 Å². The third-order valence-electron chi connectivity index (χ3n) is 6.83. The van der Waals surface area contributed by atoms with Gasteiger partial charge in [0.2, 0.25) is 5.60 Å². The second kappa shape index (κ2) is 8.66. The van der Waals surface area contributed by atoms with Crippen LogP contribution in [0.1, 0.15) is 24.0 Å². The molecular formula is C24H25N4O4S+. The first-order valence-electron chi connectivity index (χ1n) is 11.0. The first kappa shape index (κ1) is 21.7. The van der Waals surface area contributed by atoms with E-state index in [4.69, 9.17) is 4.74 Å². The quantitative estimate of drug-likeness (QED) is 0.443. The van der Waals surface area contributed by atoms with Crippen molar-refractivity contribution in [1.29, 1.82) is 0 Å². The van der Waals surface area contributed by atoms with Gasteiger partial charge in [0.25, 0.3) is 0 Å². The topological polar surface area (TPSA) is 101 Å². The van der Waals surface area contributed by atoms with E-state index in [9.17, 15) is 14.7 Å². The van der Waals surface area contributed by atoms with Crippen LogP contribution in [0.25, 0.3) is 0 Å². The third kappa shape index (κ3) is 3.92. The number of thiophene rings is 1. The van der Waals surface area contributed by atoms with E-state index in [0.717, 1.165) is 12.8 Å². The largest absolute Gasteiger partial charge is 0.453 e. The highest BCUT2D eigenvalue weighted by molar-refractivity contribution is 7.08. The van der Waals surface area contributed by atoms with E-state index in [1.807, 2.05) is 11.4 Å². The lowest BCUT2D eigenvalue weighted by atomic mass is 9.83. The Morgan fingerprint density at radius 3 is 2.55 bits per heavy atom. The summed E-state index contributed by atoms with van der Waals surface area (Å²) in [5.41, 5.74) is -0.965. The molecular weight excluding hydrogens is 440 g/mol. The minimum Gasteiger partial charge on any atom is -0.453 e. The summed E-state index contributed by atoms with van der Waals surface area (Å²) in [4.78, 5) is 26.7. The van der Waals surface area contributed by atoms with Crippen molar-refractivity contribution in [2.75, 3.05) is 25.0 Å². The molecule has 0 saturated carbocycles. The molecule has 3 fully saturated rings. The second-order valence-electron chi connectivity index (χ2n) is 8.68. The van der Waals surface area contributed by atoms with Crippen molar-refractivity contribution in [2.24, 2.45) is 5.92 Å². The van der Waals surface area contributed by atoms with E-state index in [1.54, 1.807) is 54.0 Å². The Kier molecular flexibility index (Phi) is 5.69. The standard InChI is InChI=1S/C24H24N4O4S/c29-22(24(31,19-10-14-33-16-19)18-5-2-1-3-6-18)32-20-15-28(12-8-17(20)9-13-28)23(30)26-21-7-4-11-25-27-21/h1-7,10-11,14,16-17,20,31H,8-9,12-13,15H2/p+1/t17?,20?,24-,28?/m1/s1. The number of carbonyl (C=O) groups is 2. The lowest BCUT2D eigenvalue weighted by Crippen LogP contribution is -2.68. The molecule has 2 aromatic heterocycles. The first-order chi connectivity index (χ1) is 16.0. The number of esters is 1. The number of urea groups is 1. The van der Waals surface area contributed by atoms with E-state index in [1.165, 1.54) is 11.3 Å². The number of carbonyl (C=O) groups excluding carboxylic acids is 2. The number of nitrogens with one attached hydrogen (secondary N) is 1. The molecule has 3 aromatic rings. The number of aliphatic hydroxyl groups is 1. The Morgan fingerprint density at radius 1 is 1.09 bits per heavy atom. The highest BCUT2D eigenvalue weighted by Crippen LogP contribution is 2.39. The molecule has 3 aliphatic rings. The van der Waals surface area contributed by atoms with Gasteiger partial charge in [0.05, 0.1) is 13.1 Å². The molecule has 0 aliphatic carbocycles. The Labute approximate surface area is 195 Å². The fraction of sp³-hybridized carbons (Fsp3) is 0.333. The number of benzene rings is 1. The number of nitrogens with zero attached hydrogens (tertiary/aromatic N) is 3. The molecule has 8 nitrogen and oxygen atoms in total. The zero-order valence-electron chi connectivity index (χ0n) is 18.0. The zero-order chi connectivity index (χ0) is 22.9. The molecule has 0 spiro atoms. The summed E-state index contributed by atoms with van der Waals surface area (Å²) >= 11 is 1.41. The van der Waals surface area contributed by atoms with Crippen molar-refractivity contribution in [2.45, 2.75) is 24.5 Å². The van der Waals surface area contributed by atoms with Crippen molar-refractivity contribution >= 4 is 29.2 Å². The number of hydrogen-bond donors (Lipinski definition) is 2. The van der Waals surface area contributed by atoms with E-state index in [0.29, 0.717) is 36.6 Å². The summed E-state index contributed by atoms with van der Waals surface area (Å²) in [5, 5.41) is 25.8. The summed E-state index contributed by atoms with van der Waals surface area (Å²) in [6, 6.07) is 13.8. The normalized spacial score (nSPS) is 25.7. The molecule has 5 heterocycles. The van der Waals surface area contributed by atoms with Gasteiger partial charge in [-0.05, 0) is 34.5 Å². The molecule has 170 valence electrons. The van der Waals surface area contributed by atoms with E-state index >= 15 is 0 Å². The molecule has 2 N–H and O–H groups in total. The van der Waals surface area contributed by atoms with Gasteiger partial charge in [0, 0.05) is 30.5 Å². The number of amides is 2. The summed E-state index contributed by atoms with van der Waals surface area (Å²) in [6.45, 7) is 1.73. The van der Waals surface area contributed by atoms with Crippen LogP contribution in [0.3, 0.4) is 0 Å². The second-order valence-corrected chi connectivity index (χ2v) is 9.46. The van der Waals surface area contributed by atoms with E-state index in [2.05, 4.69) is 15.5 Å². The van der Waals surface area contributed by atoms with Crippen LogP contribution < -0.4 is 5.32 Å². The van der Waals surface area contributed by atoms with Crippen LogP contribution >= 0.6 is 11.3 Å². The number of anilines is 1. The highest BCUT2D eigenvalue weighted by Gasteiger charge is 2.54. The summed E-state index contributed by atoms with van der Waals surface area (Å²) in [5.74, 6) is -0.147. The van der Waals surface area contributed by atoms with Gasteiger partial charge >= 0.3 is 12.0 Å². The molecule has 0 radical (unpaired) electrons. The van der Waals surface area contributed by atoms with Crippen LogP contribution in [0, 0.1) is 5.92 Å². The Morgan fingerprint density at radius 2 is 1.88 bits per heavy atom. The molecule has 2 amide bonds. The third-order valence-corrected chi connectivity index (χ3v) is 7.52. The van der Waals surface area contributed by atoms with Gasteiger partial charge in [-0.3, -0.25) is 5.32 Å². The fourth-order valence-electron chi connectivity index (χ4n) is 4.92. The minimum absolute atomic E-state index is 0.167. The molecule has 1 aromatic carbocycles. The maximum atomic E-state index is 13.5. The maximum absolute atomic E-state index is 13.5. The Balaban J connectivity index is 1.37. The summed E-state index contributed by atoms with van der Waals surface area (Å²) in [6.07, 6.45) is 2.63. The van der Waals surface area contributed by atoms with Gasteiger partial charge < -0.3 is 9.84 Å². The first-order valence-corrected chi connectivity index (χ1v) is 11.9. The van der Waals surface area contributed by atoms with Gasteiger partial charge in [-0.1, -0.05) is 30.3 Å². The van der Waals surface area contributed by atoms with Crippen molar-refractivity contribution < 1.29 is 23.9 Å². The van der Waals surface area contributed by atoms with E-state index in [-0.39, 0.29) is 16.4 Å². The maximum Gasteiger partial charge on any atom is 0.422 e. The molecule has 3 aliphatic heterocycles. The van der Waals surface area contributed by atoms with Crippen LogP contribution in [-0.4, -0.2) is 57.5 Å². The Bertz CT molecular complexity index is 1120. The smallest absolute Gasteiger partial charge is 0.422 e. The zero-order valence-corrected chi connectivity index (χ0v) is 18.8. The van der Waals surface area contributed by atoms with Crippen molar-refractivity contribution in [3.63, 3.8) is 0 Å². The minimum atomic E-state index is -1.90. The molecule has 2 atom stereocenters. The number of hydrogen-bond acceptors (Lipinski definition) is 7. The lowest BCUT2D eigenvalue weighted by molar-refractivity contribution is -0.869. The van der Waals surface area contributed by atoms with Crippen molar-refractivity contribution in [1.82, 2.24) is 10.2 Å². The number of piperidine rings is 3. The molecule has 33 heavy (non-hydrogen) atoms. The van der Waals surface area contributed by atoms with Crippen molar-refractivity contribution in [3.8, 4) is 0 Å². The molecule has 1 unspecified atom stereocenters. The van der Waals surface area contributed by atoms with Gasteiger partial charge in [0.1, 0.15) is 6.54 Å². The fourth-order valence-corrected chi connectivity index (χ4v) is 5.62. The molecule has 3 saturated heterocycles. The van der Waals surface area contributed by atoms with Crippen LogP contribution in [-0.2, 0) is 15.1 Å². The highest BCUT2D eigenvalue weighted by atomic mass is 32.1. The van der Waals surface area contributed by atoms with Gasteiger partial charge in [-0.15, -0.1) is 5.10 Å². The van der Waals surface area contributed by atoms with E-state index < -0.39 is 17.7 Å². The van der Waals surface area contributed by atoms with Gasteiger partial charge in [-0.2, -0.15) is 16.4 Å². The lowest BCUT2D eigenvalue weighted by Gasteiger charge is -2.49. The number of rotatable bonds is 5. The molecule has 9 heteroatoms. The SMILES string of the molecule is O=C(OC1C[N+]2(C(=O)Nc3cccnn3)CCC1CC2)[C@@](O)(c1ccccc1)c1ccsc1. The number of ether oxygens (including phenoxy) is 1. The predicted molar refractivity (Wildman–Crippen MR) is 122 cm³/mol. The molecule has 6 rings (SSSR count). The predicted octanol–water partition coefficient (Wildman–Crippen LogP) is 3.16. The number of fused-ring (bicyclic) bond motifs is 3. The van der Waals surface area contributed by atoms with Crippen molar-refractivity contribution in [3.05, 3.63) is 76.6 Å². The van der Waals surface area contributed by atoms with Gasteiger partial charge in [0.15, 0.2) is 11.9 Å². The number of aromatic nitrogens is 2. The summed E-state index contributed by atoms with van der Waals surface area (Å²) in [7, 11) is 0.